The topological polar surface area (TPSA) is 84.2 Å². The monoisotopic (exact) mass is 373 g/mol. The molecular weight excluding hydrogens is 353 g/mol. The molecule has 2 atom stereocenters. The van der Waals surface area contributed by atoms with Crippen LogP contribution in [-0.2, 0) is 11.3 Å². The van der Waals surface area contributed by atoms with Gasteiger partial charge in [0.25, 0.3) is 5.56 Å². The zero-order valence-corrected chi connectivity index (χ0v) is 14.7. The maximum atomic E-state index is 12.3. The average Bonchev–Trinajstić information content (AvgIpc) is 2.53. The highest BCUT2D eigenvalue weighted by Crippen LogP contribution is 2.12. The first kappa shape index (κ1) is 20.6. The quantitative estimate of drug-likeness (QED) is 0.843. The number of ketones is 1. The van der Waals surface area contributed by atoms with E-state index >= 15 is 0 Å². The largest absolute Gasteiger partial charge is 0.391 e. The number of aliphatic hydroxyl groups is 1. The van der Waals surface area contributed by atoms with Gasteiger partial charge in [-0.1, -0.05) is 12.1 Å². The van der Waals surface area contributed by atoms with Crippen molar-refractivity contribution in [3.05, 3.63) is 40.9 Å². The zero-order chi connectivity index (χ0) is 15.5. The number of hydrogen-bond donors (Lipinski definition) is 2. The molecule has 1 aliphatic heterocycles. The second kappa shape index (κ2) is 9.13. The van der Waals surface area contributed by atoms with E-state index in [9.17, 15) is 14.7 Å². The first-order valence-corrected chi connectivity index (χ1v) is 7.52. The van der Waals surface area contributed by atoms with Gasteiger partial charge in [0.05, 0.1) is 29.9 Å². The number of para-hydroxylation sites is 1. The third-order valence-electron chi connectivity index (χ3n) is 4.07. The van der Waals surface area contributed by atoms with Crippen LogP contribution in [0.15, 0.2) is 35.4 Å². The van der Waals surface area contributed by atoms with Gasteiger partial charge in [-0.05, 0) is 31.5 Å². The molecule has 0 saturated carbocycles. The van der Waals surface area contributed by atoms with Crippen molar-refractivity contribution in [1.82, 2.24) is 14.9 Å². The van der Waals surface area contributed by atoms with Crippen LogP contribution in [0.25, 0.3) is 10.9 Å². The van der Waals surface area contributed by atoms with Crippen molar-refractivity contribution in [3.8, 4) is 0 Å². The van der Waals surface area contributed by atoms with Gasteiger partial charge >= 0.3 is 0 Å². The summed E-state index contributed by atoms with van der Waals surface area (Å²) in [5, 5.41) is 13.5. The molecule has 2 aromatic rings. The summed E-state index contributed by atoms with van der Waals surface area (Å²) < 4.78 is 1.33. The van der Waals surface area contributed by atoms with Crippen LogP contribution in [-0.4, -0.2) is 39.1 Å². The fourth-order valence-electron chi connectivity index (χ4n) is 2.86. The standard InChI is InChI=1S/C16H19N3O3.2ClH/c20-11(8-14-15(21)6-3-7-17-14)9-19-10-18-13-5-2-1-4-12(13)16(19)22;;/h1-2,4-5,10,14-15,17,21H,3,6-9H2;2*1H/t14-,15+;;/m1../s1. The number of aliphatic hydroxyl groups excluding tert-OH is 1. The summed E-state index contributed by atoms with van der Waals surface area (Å²) in [7, 11) is 0. The number of Topliss-reactive ketones (excluding diaryl/α,β-unsaturated/α-hetero) is 1. The summed E-state index contributed by atoms with van der Waals surface area (Å²) in [6.45, 7) is 0.800. The van der Waals surface area contributed by atoms with Crippen LogP contribution in [0, 0.1) is 0 Å². The molecule has 0 radical (unpaired) electrons. The molecule has 8 heteroatoms. The highest BCUT2D eigenvalue weighted by molar-refractivity contribution is 5.85. The number of rotatable bonds is 4. The molecule has 0 amide bonds. The number of carbonyl (C=O) groups is 1. The third kappa shape index (κ3) is 4.54. The molecule has 1 aliphatic rings. The van der Waals surface area contributed by atoms with E-state index in [-0.39, 0.29) is 55.2 Å². The van der Waals surface area contributed by atoms with E-state index in [2.05, 4.69) is 10.3 Å². The summed E-state index contributed by atoms with van der Waals surface area (Å²) in [5.74, 6) is -0.0855. The Balaban J connectivity index is 0.00000144. The summed E-state index contributed by atoms with van der Waals surface area (Å²) >= 11 is 0. The number of benzene rings is 1. The molecule has 1 saturated heterocycles. The van der Waals surface area contributed by atoms with Crippen molar-refractivity contribution >= 4 is 41.5 Å². The van der Waals surface area contributed by atoms with Crippen molar-refractivity contribution in [2.75, 3.05) is 6.54 Å². The van der Waals surface area contributed by atoms with Crippen molar-refractivity contribution in [3.63, 3.8) is 0 Å². The van der Waals surface area contributed by atoms with E-state index in [1.165, 1.54) is 10.9 Å². The Hall–Kier alpha value is -1.47. The van der Waals surface area contributed by atoms with Crippen molar-refractivity contribution in [2.24, 2.45) is 0 Å². The third-order valence-corrected chi connectivity index (χ3v) is 4.07. The number of piperidine rings is 1. The molecule has 3 rings (SSSR count). The first-order valence-electron chi connectivity index (χ1n) is 7.52. The van der Waals surface area contributed by atoms with Gasteiger partial charge in [0, 0.05) is 12.5 Å². The summed E-state index contributed by atoms with van der Waals surface area (Å²) in [5.41, 5.74) is 0.414. The number of carbonyl (C=O) groups excluding carboxylic acids is 1. The van der Waals surface area contributed by atoms with Crippen molar-refractivity contribution in [2.45, 2.75) is 38.0 Å². The minimum Gasteiger partial charge on any atom is -0.391 e. The molecule has 1 aromatic heterocycles. The summed E-state index contributed by atoms with van der Waals surface area (Å²) in [6.07, 6.45) is 2.76. The second-order valence-electron chi connectivity index (χ2n) is 5.71. The number of hydrogen-bond acceptors (Lipinski definition) is 5. The van der Waals surface area contributed by atoms with Crippen molar-refractivity contribution < 1.29 is 9.90 Å². The van der Waals surface area contributed by atoms with Gasteiger partial charge in [0.1, 0.15) is 0 Å². The van der Waals surface area contributed by atoms with Gasteiger partial charge in [-0.3, -0.25) is 14.2 Å². The fraction of sp³-hybridized carbons (Fsp3) is 0.438. The Morgan fingerprint density at radius 3 is 2.83 bits per heavy atom. The van der Waals surface area contributed by atoms with Gasteiger partial charge in [-0.15, -0.1) is 24.8 Å². The number of fused-ring (bicyclic) bond motifs is 1. The molecule has 0 bridgehead atoms. The maximum Gasteiger partial charge on any atom is 0.261 e. The molecule has 0 unspecified atom stereocenters. The van der Waals surface area contributed by atoms with Crippen LogP contribution in [0.2, 0.25) is 0 Å². The van der Waals surface area contributed by atoms with Gasteiger partial charge in [-0.25, -0.2) is 4.98 Å². The van der Waals surface area contributed by atoms with E-state index in [4.69, 9.17) is 0 Å². The number of aromatic nitrogens is 2. The normalized spacial score (nSPS) is 20.0. The number of halogens is 2. The lowest BCUT2D eigenvalue weighted by molar-refractivity contribution is -0.121. The van der Waals surface area contributed by atoms with Gasteiger partial charge < -0.3 is 10.4 Å². The Morgan fingerprint density at radius 1 is 1.33 bits per heavy atom. The molecule has 6 nitrogen and oxygen atoms in total. The van der Waals surface area contributed by atoms with Crippen LogP contribution >= 0.6 is 24.8 Å². The van der Waals surface area contributed by atoms with E-state index in [1.807, 2.05) is 6.07 Å². The second-order valence-corrected chi connectivity index (χ2v) is 5.71. The lowest BCUT2D eigenvalue weighted by atomic mass is 9.97. The van der Waals surface area contributed by atoms with E-state index < -0.39 is 6.10 Å². The van der Waals surface area contributed by atoms with E-state index in [1.54, 1.807) is 18.2 Å². The van der Waals surface area contributed by atoms with Crippen molar-refractivity contribution in [1.29, 1.82) is 0 Å². The number of nitrogens with zero attached hydrogens (tertiary/aromatic N) is 2. The molecule has 1 fully saturated rings. The summed E-state index contributed by atoms with van der Waals surface area (Å²) in [6, 6.07) is 6.86. The molecule has 24 heavy (non-hydrogen) atoms. The maximum absolute atomic E-state index is 12.3. The van der Waals surface area contributed by atoms with Crippen LogP contribution < -0.4 is 10.9 Å². The van der Waals surface area contributed by atoms with Crippen LogP contribution in [0.1, 0.15) is 19.3 Å². The molecule has 0 spiro atoms. The number of nitrogens with one attached hydrogen (secondary N) is 1. The highest BCUT2D eigenvalue weighted by Gasteiger charge is 2.24. The highest BCUT2D eigenvalue weighted by atomic mass is 35.5. The summed E-state index contributed by atoms with van der Waals surface area (Å²) in [4.78, 5) is 28.7. The first-order chi connectivity index (χ1) is 10.6. The molecule has 2 N–H and O–H groups in total. The van der Waals surface area contributed by atoms with Crippen LogP contribution in [0.4, 0.5) is 0 Å². The van der Waals surface area contributed by atoms with Crippen LogP contribution in [0.3, 0.4) is 0 Å². The minimum absolute atomic E-state index is 0. The Morgan fingerprint density at radius 2 is 2.08 bits per heavy atom. The molecule has 1 aromatic carbocycles. The Kier molecular flexibility index (Phi) is 7.83. The average molecular weight is 374 g/mol. The Bertz CT molecular complexity index is 751. The predicted molar refractivity (Wildman–Crippen MR) is 97.2 cm³/mol. The van der Waals surface area contributed by atoms with E-state index in [0.29, 0.717) is 17.3 Å². The lowest BCUT2D eigenvalue weighted by Crippen LogP contribution is -2.46. The lowest BCUT2D eigenvalue weighted by Gasteiger charge is -2.28. The van der Waals surface area contributed by atoms with E-state index in [0.717, 1.165) is 13.0 Å². The molecule has 0 aliphatic carbocycles. The van der Waals surface area contributed by atoms with Gasteiger partial charge in [0.15, 0.2) is 5.78 Å². The molecule has 2 heterocycles. The molecular formula is C16H21Cl2N3O3. The minimum atomic E-state index is -0.496. The van der Waals surface area contributed by atoms with Crippen LogP contribution in [0.5, 0.6) is 0 Å². The van der Waals surface area contributed by atoms with Gasteiger partial charge in [-0.2, -0.15) is 0 Å². The predicted octanol–water partition coefficient (Wildman–Crippen LogP) is 1.31. The smallest absolute Gasteiger partial charge is 0.261 e. The Labute approximate surface area is 152 Å². The SMILES string of the molecule is Cl.Cl.O=C(C[C@H]1NCCC[C@@H]1O)Cn1cnc2ccccc2c1=O. The van der Waals surface area contributed by atoms with Gasteiger partial charge in [0.2, 0.25) is 0 Å². The zero-order valence-electron chi connectivity index (χ0n) is 13.1. The fourth-order valence-corrected chi connectivity index (χ4v) is 2.86. The molecule has 132 valence electrons.